The lowest BCUT2D eigenvalue weighted by molar-refractivity contribution is 0.412. The quantitative estimate of drug-likeness (QED) is 0.935. The van der Waals surface area contributed by atoms with Crippen LogP contribution in [-0.2, 0) is 6.42 Å². The summed E-state index contributed by atoms with van der Waals surface area (Å²) in [7, 11) is 4.12. The molecule has 2 aromatic rings. The number of likely N-dealkylation sites (N-methyl/N-ethyl adjacent to an activating group) is 1. The molecule has 0 saturated carbocycles. The van der Waals surface area contributed by atoms with Crippen molar-refractivity contribution in [2.24, 2.45) is 0 Å². The van der Waals surface area contributed by atoms with Crippen molar-refractivity contribution >= 4 is 24.8 Å². The van der Waals surface area contributed by atoms with Gasteiger partial charge < -0.3 is 14.3 Å². The fraction of sp³-hybridized carbons (Fsp3) is 0.364. The number of imidazole rings is 1. The van der Waals surface area contributed by atoms with E-state index in [1.165, 1.54) is 0 Å². The van der Waals surface area contributed by atoms with Crippen molar-refractivity contribution in [3.8, 4) is 11.6 Å². The molecule has 2 aromatic heterocycles. The number of hydrogen-bond donors (Lipinski definition) is 1. The normalized spacial score (nSPS) is 9.82. The summed E-state index contributed by atoms with van der Waals surface area (Å²) in [5, 5.41) is 0. The molecule has 2 rings (SSSR count). The van der Waals surface area contributed by atoms with E-state index < -0.39 is 0 Å². The molecule has 0 aliphatic rings. The van der Waals surface area contributed by atoms with Crippen molar-refractivity contribution in [1.82, 2.24) is 14.9 Å². The average molecular weight is 278 g/mol. The molecule has 0 bridgehead atoms. The molecule has 1 N–H and O–H groups in total. The first-order valence-corrected chi connectivity index (χ1v) is 4.98. The summed E-state index contributed by atoms with van der Waals surface area (Å²) in [5.74, 6) is 1.58. The number of H-pyrrole nitrogens is 1. The molecule has 0 unspecified atom stereocenters. The minimum atomic E-state index is 0. The molecule has 0 radical (unpaired) electrons. The third-order valence-corrected chi connectivity index (χ3v) is 2.21. The molecule has 0 atom stereocenters. The summed E-state index contributed by atoms with van der Waals surface area (Å²) in [6.45, 7) is 1.01. The molecular formula is C11H17Cl2N3O. The molecule has 96 valence electrons. The minimum absolute atomic E-state index is 0. The Labute approximate surface area is 113 Å². The monoisotopic (exact) mass is 277 g/mol. The topological polar surface area (TPSA) is 45.1 Å². The maximum Gasteiger partial charge on any atom is 0.173 e. The Hall–Kier alpha value is -0.970. The van der Waals surface area contributed by atoms with Crippen molar-refractivity contribution < 1.29 is 4.42 Å². The van der Waals surface area contributed by atoms with Crippen LogP contribution in [0.3, 0.4) is 0 Å². The molecule has 0 aliphatic heterocycles. The molecule has 17 heavy (non-hydrogen) atoms. The summed E-state index contributed by atoms with van der Waals surface area (Å²) < 4.78 is 5.25. The van der Waals surface area contributed by atoms with Gasteiger partial charge in [-0.25, -0.2) is 4.98 Å². The smallest absolute Gasteiger partial charge is 0.173 e. The molecule has 6 heteroatoms. The summed E-state index contributed by atoms with van der Waals surface area (Å²) in [6, 6.07) is 3.76. The number of aromatic nitrogens is 2. The molecule has 2 heterocycles. The van der Waals surface area contributed by atoms with Gasteiger partial charge in [-0.05, 0) is 26.2 Å². The van der Waals surface area contributed by atoms with E-state index in [0.29, 0.717) is 0 Å². The first-order valence-electron chi connectivity index (χ1n) is 4.98. The summed E-state index contributed by atoms with van der Waals surface area (Å²) in [5.41, 5.74) is 1.13. The Morgan fingerprint density at radius 1 is 1.35 bits per heavy atom. The Kier molecular flexibility index (Phi) is 6.95. The van der Waals surface area contributed by atoms with Crippen LogP contribution in [-0.4, -0.2) is 35.5 Å². The number of rotatable bonds is 4. The Morgan fingerprint density at radius 2 is 2.12 bits per heavy atom. The highest BCUT2D eigenvalue weighted by Crippen LogP contribution is 2.15. The van der Waals surface area contributed by atoms with Crippen molar-refractivity contribution in [3.05, 3.63) is 30.3 Å². The van der Waals surface area contributed by atoms with E-state index in [0.717, 1.165) is 30.2 Å². The van der Waals surface area contributed by atoms with Crippen molar-refractivity contribution in [2.75, 3.05) is 20.6 Å². The Morgan fingerprint density at radius 3 is 2.71 bits per heavy atom. The van der Waals surface area contributed by atoms with Gasteiger partial charge in [0.25, 0.3) is 0 Å². The molecule has 0 spiro atoms. The second-order valence-corrected chi connectivity index (χ2v) is 3.79. The molecule has 0 saturated heterocycles. The van der Waals surface area contributed by atoms with Crippen molar-refractivity contribution in [1.29, 1.82) is 0 Å². The fourth-order valence-electron chi connectivity index (χ4n) is 1.37. The van der Waals surface area contributed by atoms with Gasteiger partial charge in [-0.3, -0.25) is 0 Å². The zero-order valence-electron chi connectivity index (χ0n) is 9.84. The van der Waals surface area contributed by atoms with Crippen LogP contribution in [0.1, 0.15) is 5.69 Å². The van der Waals surface area contributed by atoms with E-state index in [1.807, 2.05) is 18.3 Å². The highest BCUT2D eigenvalue weighted by molar-refractivity contribution is 5.85. The van der Waals surface area contributed by atoms with Gasteiger partial charge in [-0.2, -0.15) is 0 Å². The maximum atomic E-state index is 5.25. The number of halogens is 2. The van der Waals surface area contributed by atoms with Crippen molar-refractivity contribution in [2.45, 2.75) is 6.42 Å². The largest absolute Gasteiger partial charge is 0.461 e. The fourth-order valence-corrected chi connectivity index (χ4v) is 1.37. The van der Waals surface area contributed by atoms with Gasteiger partial charge >= 0.3 is 0 Å². The highest BCUT2D eigenvalue weighted by Gasteiger charge is 2.05. The standard InChI is InChI=1S/C11H15N3O.2ClH/c1-14(2)6-5-9-8-12-11(13-9)10-4-3-7-15-10;;/h3-4,7-8H,5-6H2,1-2H3,(H,12,13);2*1H. The molecule has 4 nitrogen and oxygen atoms in total. The lowest BCUT2D eigenvalue weighted by Gasteiger charge is -2.06. The Bertz CT molecular complexity index is 412. The number of hydrogen-bond acceptors (Lipinski definition) is 3. The van der Waals surface area contributed by atoms with E-state index in [9.17, 15) is 0 Å². The lowest BCUT2D eigenvalue weighted by Crippen LogP contribution is -2.15. The minimum Gasteiger partial charge on any atom is -0.461 e. The molecular weight excluding hydrogens is 261 g/mol. The van der Waals surface area contributed by atoms with E-state index in [1.54, 1.807) is 6.26 Å². The van der Waals surface area contributed by atoms with Gasteiger partial charge in [0.05, 0.1) is 6.26 Å². The predicted molar refractivity (Wildman–Crippen MR) is 73.0 cm³/mol. The molecule has 0 aromatic carbocycles. The van der Waals surface area contributed by atoms with Crippen molar-refractivity contribution in [3.63, 3.8) is 0 Å². The second kappa shape index (κ2) is 7.37. The van der Waals surface area contributed by atoms with Gasteiger partial charge in [0, 0.05) is 24.9 Å². The molecule has 0 fully saturated rings. The van der Waals surface area contributed by atoms with Gasteiger partial charge in [0.1, 0.15) is 0 Å². The van der Waals surface area contributed by atoms with Crippen LogP contribution in [0.15, 0.2) is 29.0 Å². The molecule has 0 amide bonds. The van der Waals surface area contributed by atoms with Crippen LogP contribution < -0.4 is 0 Å². The van der Waals surface area contributed by atoms with Crippen LogP contribution >= 0.6 is 24.8 Å². The third kappa shape index (κ3) is 4.42. The highest BCUT2D eigenvalue weighted by atomic mass is 35.5. The zero-order valence-corrected chi connectivity index (χ0v) is 11.5. The third-order valence-electron chi connectivity index (χ3n) is 2.21. The van der Waals surface area contributed by atoms with Gasteiger partial charge in [0.15, 0.2) is 11.6 Å². The zero-order chi connectivity index (χ0) is 10.7. The van der Waals surface area contributed by atoms with Crippen LogP contribution in [0.5, 0.6) is 0 Å². The first kappa shape index (κ1) is 16.0. The van der Waals surface area contributed by atoms with Gasteiger partial charge in [0.2, 0.25) is 0 Å². The van der Waals surface area contributed by atoms with Crippen LogP contribution in [0.4, 0.5) is 0 Å². The lowest BCUT2D eigenvalue weighted by atomic mass is 10.3. The number of nitrogens with one attached hydrogen (secondary N) is 1. The Balaban J connectivity index is 0.00000128. The van der Waals surface area contributed by atoms with E-state index in [2.05, 4.69) is 29.0 Å². The van der Waals surface area contributed by atoms with Crippen LogP contribution in [0, 0.1) is 0 Å². The number of aromatic amines is 1. The SMILES string of the molecule is CN(C)CCc1cnc(-c2ccco2)[nH]1.Cl.Cl. The summed E-state index contributed by atoms with van der Waals surface area (Å²) >= 11 is 0. The van der Waals surface area contributed by atoms with E-state index >= 15 is 0 Å². The van der Waals surface area contributed by atoms with E-state index in [4.69, 9.17) is 4.42 Å². The molecule has 0 aliphatic carbocycles. The second-order valence-electron chi connectivity index (χ2n) is 3.79. The van der Waals surface area contributed by atoms with E-state index in [-0.39, 0.29) is 24.8 Å². The first-order chi connectivity index (χ1) is 7.25. The predicted octanol–water partition coefficient (Wildman–Crippen LogP) is 2.62. The average Bonchev–Trinajstić information content (AvgIpc) is 2.85. The van der Waals surface area contributed by atoms with Crippen LogP contribution in [0.25, 0.3) is 11.6 Å². The summed E-state index contributed by atoms with van der Waals surface area (Å²) in [4.78, 5) is 9.65. The number of nitrogens with zero attached hydrogens (tertiary/aromatic N) is 2. The van der Waals surface area contributed by atoms with Gasteiger partial charge in [-0.1, -0.05) is 0 Å². The number of furan rings is 1. The van der Waals surface area contributed by atoms with Gasteiger partial charge in [-0.15, -0.1) is 24.8 Å². The van der Waals surface area contributed by atoms with Crippen LogP contribution in [0.2, 0.25) is 0 Å². The maximum absolute atomic E-state index is 5.25. The summed E-state index contributed by atoms with van der Waals surface area (Å²) in [6.07, 6.45) is 4.49.